The van der Waals surface area contributed by atoms with E-state index in [0.717, 1.165) is 111 Å². The van der Waals surface area contributed by atoms with Crippen molar-refractivity contribution < 1.29 is 20.1 Å². The number of aromatic nitrogens is 4. The monoisotopic (exact) mass is 980 g/mol. The first-order chi connectivity index (χ1) is 30.7. The molecule has 0 radical (unpaired) electrons. The van der Waals surface area contributed by atoms with Crippen molar-refractivity contribution in [3.8, 4) is 89.3 Å². The zero-order chi connectivity index (χ0) is 41.2. The SMILES string of the molecule is [Ir+3].[c-]1ccccc1-c1ccc(-c2ccccc2-c2cc(-c3ccccc3-c3ccc(-c4[c-]cccc4)nc3)cc(-c3ccccc3-c3cnc4c(c3)ncc3ccc[c-]c34)c2)cn1. The molecule has 4 nitrogen and oxygen atoms in total. The predicted molar refractivity (Wildman–Crippen MR) is 253 cm³/mol. The second kappa shape index (κ2) is 17.4. The van der Waals surface area contributed by atoms with Crippen LogP contribution in [0.15, 0.2) is 213 Å². The van der Waals surface area contributed by atoms with E-state index in [-0.39, 0.29) is 20.1 Å². The Labute approximate surface area is 380 Å². The molecule has 7 aromatic carbocycles. The van der Waals surface area contributed by atoms with Crippen molar-refractivity contribution in [2.75, 3.05) is 0 Å². The smallest absolute Gasteiger partial charge is 0.304 e. The molecule has 0 aliphatic heterocycles. The van der Waals surface area contributed by atoms with Crippen molar-refractivity contribution in [3.63, 3.8) is 0 Å². The van der Waals surface area contributed by atoms with Gasteiger partial charge in [0.1, 0.15) is 0 Å². The van der Waals surface area contributed by atoms with E-state index >= 15 is 0 Å². The van der Waals surface area contributed by atoms with Gasteiger partial charge in [0.25, 0.3) is 0 Å². The molecule has 0 atom stereocenters. The van der Waals surface area contributed by atoms with Gasteiger partial charge in [-0.15, -0.1) is 101 Å². The molecular formula is C58H35IrN4. The Morgan fingerprint density at radius 3 is 1.22 bits per heavy atom. The fourth-order valence-corrected chi connectivity index (χ4v) is 8.38. The summed E-state index contributed by atoms with van der Waals surface area (Å²) in [6.07, 6.45) is 7.81. The zero-order valence-electron chi connectivity index (χ0n) is 33.8. The van der Waals surface area contributed by atoms with E-state index in [4.69, 9.17) is 19.9 Å². The molecule has 5 heteroatoms. The third-order valence-electron chi connectivity index (χ3n) is 11.4. The number of hydrogen-bond acceptors (Lipinski definition) is 4. The number of hydrogen-bond donors (Lipinski definition) is 0. The van der Waals surface area contributed by atoms with Crippen LogP contribution in [-0.2, 0) is 20.1 Å². The summed E-state index contributed by atoms with van der Waals surface area (Å²) >= 11 is 0. The van der Waals surface area contributed by atoms with Crippen LogP contribution in [0.3, 0.4) is 0 Å². The average Bonchev–Trinajstić information content (AvgIpc) is 3.36. The van der Waals surface area contributed by atoms with Crippen molar-refractivity contribution in [1.82, 2.24) is 19.9 Å². The molecule has 4 aromatic heterocycles. The molecule has 0 aliphatic rings. The van der Waals surface area contributed by atoms with E-state index in [1.165, 1.54) is 0 Å². The van der Waals surface area contributed by atoms with Crippen LogP contribution in [0.2, 0.25) is 0 Å². The number of benzene rings is 7. The predicted octanol–water partition coefficient (Wildman–Crippen LogP) is 14.3. The molecule has 0 spiro atoms. The van der Waals surface area contributed by atoms with Gasteiger partial charge in [0.2, 0.25) is 0 Å². The molecule has 0 amide bonds. The maximum Gasteiger partial charge on any atom is 3.00 e. The summed E-state index contributed by atoms with van der Waals surface area (Å²) in [7, 11) is 0. The molecule has 0 saturated carbocycles. The van der Waals surface area contributed by atoms with Gasteiger partial charge in [0.15, 0.2) is 0 Å². The van der Waals surface area contributed by atoms with Gasteiger partial charge in [-0.3, -0.25) is 4.98 Å². The minimum atomic E-state index is 0. The van der Waals surface area contributed by atoms with Crippen LogP contribution in [0.5, 0.6) is 0 Å². The summed E-state index contributed by atoms with van der Waals surface area (Å²) < 4.78 is 0. The summed E-state index contributed by atoms with van der Waals surface area (Å²) in [6.45, 7) is 0. The molecule has 296 valence electrons. The number of rotatable bonds is 8. The first-order valence-electron chi connectivity index (χ1n) is 20.6. The Bertz CT molecular complexity index is 3240. The Morgan fingerprint density at radius 1 is 0.317 bits per heavy atom. The Balaban J connectivity index is 0.00000471. The second-order valence-electron chi connectivity index (χ2n) is 15.2. The van der Waals surface area contributed by atoms with E-state index in [0.29, 0.717) is 0 Å². The standard InChI is InChI=1S/C58H35N4.Ir/c1-3-15-39(16-4-1)55-29-27-42(36-59-55)48-20-9-11-22-50(48)44-31-45(51-23-12-10-21-49(51)43-28-30-56(60-37-43)40-17-5-2-6-18-40)33-46(32-44)52-24-13-14-25-53(52)47-34-57-58(62-38-47)54-26-8-7-19-41(54)35-61-57;/h1-15,17,19-25,27-38H;/q-3;+3. The molecular weight excluding hydrogens is 945 g/mol. The molecule has 0 aliphatic carbocycles. The molecule has 0 bridgehead atoms. The molecule has 0 saturated heterocycles. The van der Waals surface area contributed by atoms with Crippen molar-refractivity contribution in [2.24, 2.45) is 0 Å². The molecule has 0 unspecified atom stereocenters. The average molecular weight is 980 g/mol. The van der Waals surface area contributed by atoms with Gasteiger partial charge in [-0.2, -0.15) is 0 Å². The van der Waals surface area contributed by atoms with Crippen LogP contribution < -0.4 is 0 Å². The van der Waals surface area contributed by atoms with Crippen LogP contribution in [-0.4, -0.2) is 19.9 Å². The van der Waals surface area contributed by atoms with Crippen LogP contribution in [0.1, 0.15) is 0 Å². The number of fused-ring (bicyclic) bond motifs is 3. The fourth-order valence-electron chi connectivity index (χ4n) is 8.38. The van der Waals surface area contributed by atoms with Crippen LogP contribution in [0.25, 0.3) is 111 Å². The van der Waals surface area contributed by atoms with Crippen LogP contribution in [0.4, 0.5) is 0 Å². The fraction of sp³-hybridized carbons (Fsp3) is 0. The zero-order valence-corrected chi connectivity index (χ0v) is 36.2. The molecule has 0 fully saturated rings. The van der Waals surface area contributed by atoms with Gasteiger partial charge in [0.05, 0.1) is 0 Å². The minimum absolute atomic E-state index is 0. The maximum absolute atomic E-state index is 4.98. The summed E-state index contributed by atoms with van der Waals surface area (Å²) in [5.74, 6) is 0. The molecule has 11 rings (SSSR count). The largest absolute Gasteiger partial charge is 3.00 e. The second-order valence-corrected chi connectivity index (χ2v) is 15.2. The molecule has 0 N–H and O–H groups in total. The van der Waals surface area contributed by atoms with Gasteiger partial charge < -0.3 is 15.0 Å². The van der Waals surface area contributed by atoms with Crippen molar-refractivity contribution >= 4 is 21.8 Å². The van der Waals surface area contributed by atoms with E-state index in [2.05, 4.69) is 140 Å². The molecule has 4 heterocycles. The first kappa shape index (κ1) is 39.4. The van der Waals surface area contributed by atoms with E-state index < -0.39 is 0 Å². The first-order valence-corrected chi connectivity index (χ1v) is 20.6. The summed E-state index contributed by atoms with van der Waals surface area (Å²) in [5, 5.41) is 1.99. The van der Waals surface area contributed by atoms with Gasteiger partial charge in [0, 0.05) is 35.2 Å². The van der Waals surface area contributed by atoms with E-state index in [1.807, 2.05) is 91.5 Å². The van der Waals surface area contributed by atoms with Crippen LogP contribution >= 0.6 is 0 Å². The third-order valence-corrected chi connectivity index (χ3v) is 11.4. The Hall–Kier alpha value is -7.69. The Morgan fingerprint density at radius 2 is 0.762 bits per heavy atom. The van der Waals surface area contributed by atoms with Gasteiger partial charge >= 0.3 is 20.1 Å². The number of nitrogens with zero attached hydrogens (tertiary/aromatic N) is 4. The van der Waals surface area contributed by atoms with Crippen molar-refractivity contribution in [2.45, 2.75) is 0 Å². The Kier molecular flexibility index (Phi) is 10.9. The van der Waals surface area contributed by atoms with Gasteiger partial charge in [-0.1, -0.05) is 102 Å². The third kappa shape index (κ3) is 7.77. The number of pyridine rings is 4. The summed E-state index contributed by atoms with van der Waals surface area (Å²) in [6, 6.07) is 75.2. The summed E-state index contributed by atoms with van der Waals surface area (Å²) in [5.41, 5.74) is 18.3. The van der Waals surface area contributed by atoms with Crippen LogP contribution in [0, 0.1) is 18.2 Å². The van der Waals surface area contributed by atoms with Crippen molar-refractivity contribution in [1.29, 1.82) is 0 Å². The van der Waals surface area contributed by atoms with Crippen molar-refractivity contribution in [3.05, 3.63) is 231 Å². The topological polar surface area (TPSA) is 51.6 Å². The quantitative estimate of drug-likeness (QED) is 0.112. The van der Waals surface area contributed by atoms with Gasteiger partial charge in [-0.25, -0.2) is 0 Å². The molecule has 11 aromatic rings. The van der Waals surface area contributed by atoms with E-state index in [1.54, 1.807) is 0 Å². The normalized spacial score (nSPS) is 11.0. The van der Waals surface area contributed by atoms with Gasteiger partial charge in [-0.05, 0) is 103 Å². The maximum atomic E-state index is 4.98. The summed E-state index contributed by atoms with van der Waals surface area (Å²) in [4.78, 5) is 19.6. The minimum Gasteiger partial charge on any atom is -0.304 e. The van der Waals surface area contributed by atoms with E-state index in [9.17, 15) is 0 Å². The molecule has 63 heavy (non-hydrogen) atoms.